The van der Waals surface area contributed by atoms with Crippen molar-refractivity contribution in [3.63, 3.8) is 0 Å². The highest BCUT2D eigenvalue weighted by Crippen LogP contribution is 2.41. The topological polar surface area (TPSA) is 55.4 Å². The van der Waals surface area contributed by atoms with Gasteiger partial charge in [0.1, 0.15) is 0 Å². The lowest BCUT2D eigenvalue weighted by atomic mass is 9.92. The molecular formula is C21H19NO3S. The molecule has 1 N–H and O–H groups in total. The van der Waals surface area contributed by atoms with Crippen LogP contribution in [0.15, 0.2) is 83.8 Å². The predicted octanol–water partition coefficient (Wildman–Crippen LogP) is 4.28. The third kappa shape index (κ3) is 3.11. The molecule has 2 unspecified atom stereocenters. The molecule has 0 radical (unpaired) electrons. The Bertz CT molecular complexity index is 1010. The van der Waals surface area contributed by atoms with Crippen molar-refractivity contribution in [2.75, 3.05) is 5.32 Å². The first-order valence-corrected chi connectivity index (χ1v) is 9.86. The van der Waals surface area contributed by atoms with Gasteiger partial charge in [-0.05, 0) is 36.2 Å². The number of fused-ring (bicyclic) bond motifs is 1. The number of rotatable bonds is 4. The van der Waals surface area contributed by atoms with Gasteiger partial charge in [-0.2, -0.15) is 8.42 Å². The molecule has 26 heavy (non-hydrogen) atoms. The SMILES string of the molecule is Cc1ccc(S(=O)(=O)OC2Nc3ccccc3C2c2ccccc2)cc1. The van der Waals surface area contributed by atoms with E-state index in [1.165, 1.54) is 0 Å². The van der Waals surface area contributed by atoms with E-state index in [1.54, 1.807) is 24.3 Å². The monoisotopic (exact) mass is 365 g/mol. The van der Waals surface area contributed by atoms with Gasteiger partial charge in [0.15, 0.2) is 6.23 Å². The molecule has 1 heterocycles. The summed E-state index contributed by atoms with van der Waals surface area (Å²) in [5.41, 5.74) is 3.93. The molecule has 0 saturated heterocycles. The van der Waals surface area contributed by atoms with Gasteiger partial charge in [0, 0.05) is 5.69 Å². The van der Waals surface area contributed by atoms with Gasteiger partial charge in [-0.3, -0.25) is 0 Å². The smallest absolute Gasteiger partial charge is 0.299 e. The fraction of sp³-hybridized carbons (Fsp3) is 0.143. The molecule has 3 aromatic carbocycles. The molecule has 0 bridgehead atoms. The van der Waals surface area contributed by atoms with Crippen LogP contribution < -0.4 is 5.32 Å². The van der Waals surface area contributed by atoms with Gasteiger partial charge in [0.05, 0.1) is 10.8 Å². The van der Waals surface area contributed by atoms with Gasteiger partial charge < -0.3 is 5.32 Å². The van der Waals surface area contributed by atoms with Crippen molar-refractivity contribution in [1.82, 2.24) is 0 Å². The summed E-state index contributed by atoms with van der Waals surface area (Å²) < 4.78 is 31.2. The average Bonchev–Trinajstić information content (AvgIpc) is 3.00. The Hall–Kier alpha value is -2.63. The van der Waals surface area contributed by atoms with E-state index in [2.05, 4.69) is 5.32 Å². The lowest BCUT2D eigenvalue weighted by Gasteiger charge is -2.21. The number of nitrogens with one attached hydrogen (secondary N) is 1. The second-order valence-corrected chi connectivity index (χ2v) is 7.98. The van der Waals surface area contributed by atoms with Crippen LogP contribution in [0.25, 0.3) is 0 Å². The van der Waals surface area contributed by atoms with Gasteiger partial charge in [0.2, 0.25) is 0 Å². The van der Waals surface area contributed by atoms with E-state index >= 15 is 0 Å². The van der Waals surface area contributed by atoms with Crippen LogP contribution in [-0.2, 0) is 14.3 Å². The zero-order valence-corrected chi connectivity index (χ0v) is 15.1. The zero-order valence-electron chi connectivity index (χ0n) is 14.3. The Morgan fingerprint density at radius 2 is 1.50 bits per heavy atom. The summed E-state index contributed by atoms with van der Waals surface area (Å²) >= 11 is 0. The van der Waals surface area contributed by atoms with Crippen LogP contribution >= 0.6 is 0 Å². The Kier molecular flexibility index (Phi) is 4.26. The number of anilines is 1. The summed E-state index contributed by atoms with van der Waals surface area (Å²) in [6, 6.07) is 24.3. The number of benzene rings is 3. The molecule has 0 saturated carbocycles. The van der Waals surface area contributed by atoms with E-state index in [4.69, 9.17) is 4.18 Å². The molecule has 1 aliphatic rings. The lowest BCUT2D eigenvalue weighted by molar-refractivity contribution is 0.227. The molecule has 4 nitrogen and oxygen atoms in total. The van der Waals surface area contributed by atoms with E-state index < -0.39 is 16.3 Å². The number of hydrogen-bond acceptors (Lipinski definition) is 4. The Morgan fingerprint density at radius 1 is 0.846 bits per heavy atom. The average molecular weight is 365 g/mol. The molecule has 5 heteroatoms. The minimum Gasteiger partial charge on any atom is -0.358 e. The second kappa shape index (κ2) is 6.59. The lowest BCUT2D eigenvalue weighted by Crippen LogP contribution is -2.28. The van der Waals surface area contributed by atoms with Crippen LogP contribution in [-0.4, -0.2) is 14.6 Å². The maximum atomic E-state index is 12.8. The third-order valence-corrected chi connectivity index (χ3v) is 5.91. The van der Waals surface area contributed by atoms with E-state index in [0.717, 1.165) is 22.4 Å². The first-order valence-electron chi connectivity index (χ1n) is 8.45. The second-order valence-electron chi connectivity index (χ2n) is 6.40. The highest BCUT2D eigenvalue weighted by Gasteiger charge is 2.37. The Labute approximate surface area is 153 Å². The first-order chi connectivity index (χ1) is 12.5. The van der Waals surface area contributed by atoms with E-state index in [0.29, 0.717) is 0 Å². The fourth-order valence-corrected chi connectivity index (χ4v) is 4.30. The molecular weight excluding hydrogens is 346 g/mol. The normalized spacial score (nSPS) is 19.0. The molecule has 1 aliphatic heterocycles. The van der Waals surface area contributed by atoms with Crippen molar-refractivity contribution in [2.45, 2.75) is 24.0 Å². The molecule has 0 spiro atoms. The first kappa shape index (κ1) is 16.8. The van der Waals surface area contributed by atoms with Crippen LogP contribution in [0.5, 0.6) is 0 Å². The van der Waals surface area contributed by atoms with Gasteiger partial charge in [-0.25, -0.2) is 4.18 Å². The maximum absolute atomic E-state index is 12.8. The zero-order chi connectivity index (χ0) is 18.1. The van der Waals surface area contributed by atoms with Crippen LogP contribution in [0, 0.1) is 6.92 Å². The standard InChI is InChI=1S/C21H19NO3S/c1-15-11-13-17(14-12-15)26(23,24)25-21-20(16-7-3-2-4-8-16)18-9-5-6-10-19(18)22-21/h2-14,20-22H,1H3. The van der Waals surface area contributed by atoms with E-state index in [1.807, 2.05) is 61.5 Å². The van der Waals surface area contributed by atoms with E-state index in [9.17, 15) is 8.42 Å². The Morgan fingerprint density at radius 3 is 2.23 bits per heavy atom. The molecule has 0 fully saturated rings. The van der Waals surface area contributed by atoms with Crippen LogP contribution in [0.3, 0.4) is 0 Å². The predicted molar refractivity (Wildman–Crippen MR) is 102 cm³/mol. The highest BCUT2D eigenvalue weighted by molar-refractivity contribution is 7.86. The van der Waals surface area contributed by atoms with Crippen molar-refractivity contribution >= 4 is 15.8 Å². The van der Waals surface area contributed by atoms with Crippen molar-refractivity contribution in [2.24, 2.45) is 0 Å². The van der Waals surface area contributed by atoms with Crippen LogP contribution in [0.1, 0.15) is 22.6 Å². The third-order valence-electron chi connectivity index (χ3n) is 4.60. The van der Waals surface area contributed by atoms with E-state index in [-0.39, 0.29) is 10.8 Å². The molecule has 0 aliphatic carbocycles. The molecule has 132 valence electrons. The Balaban J connectivity index is 1.70. The highest BCUT2D eigenvalue weighted by atomic mass is 32.2. The summed E-state index contributed by atoms with van der Waals surface area (Å²) in [5.74, 6) is -0.201. The fourth-order valence-electron chi connectivity index (χ4n) is 3.29. The van der Waals surface area contributed by atoms with Gasteiger partial charge in [-0.1, -0.05) is 66.2 Å². The van der Waals surface area contributed by atoms with Crippen molar-refractivity contribution < 1.29 is 12.6 Å². The molecule has 3 aromatic rings. The summed E-state index contributed by atoms with van der Waals surface area (Å²) in [6.07, 6.45) is -0.693. The number of para-hydroxylation sites is 1. The summed E-state index contributed by atoms with van der Waals surface area (Å²) in [7, 11) is -3.88. The minimum atomic E-state index is -3.88. The molecule has 2 atom stereocenters. The molecule has 0 amide bonds. The van der Waals surface area contributed by atoms with Gasteiger partial charge in [-0.15, -0.1) is 0 Å². The van der Waals surface area contributed by atoms with Crippen molar-refractivity contribution in [1.29, 1.82) is 0 Å². The van der Waals surface area contributed by atoms with Crippen molar-refractivity contribution in [3.8, 4) is 0 Å². The quantitative estimate of drug-likeness (QED) is 0.701. The summed E-state index contributed by atoms with van der Waals surface area (Å²) in [4.78, 5) is 0.160. The maximum Gasteiger partial charge on any atom is 0.299 e. The summed E-state index contributed by atoms with van der Waals surface area (Å²) in [6.45, 7) is 1.91. The van der Waals surface area contributed by atoms with Crippen LogP contribution in [0.4, 0.5) is 5.69 Å². The number of aryl methyl sites for hydroxylation is 1. The van der Waals surface area contributed by atoms with Crippen molar-refractivity contribution in [3.05, 3.63) is 95.6 Å². The van der Waals surface area contributed by atoms with Gasteiger partial charge >= 0.3 is 0 Å². The number of hydrogen-bond donors (Lipinski definition) is 1. The minimum absolute atomic E-state index is 0.160. The summed E-state index contributed by atoms with van der Waals surface area (Å²) in [5, 5.41) is 3.22. The largest absolute Gasteiger partial charge is 0.358 e. The molecule has 0 aromatic heterocycles. The van der Waals surface area contributed by atoms with Crippen LogP contribution in [0.2, 0.25) is 0 Å². The molecule has 4 rings (SSSR count). The van der Waals surface area contributed by atoms with Gasteiger partial charge in [0.25, 0.3) is 10.1 Å².